The van der Waals surface area contributed by atoms with Crippen molar-refractivity contribution in [3.8, 4) is 0 Å². The number of aliphatic hydroxyl groups is 3. The molecule has 0 aromatic heterocycles. The lowest BCUT2D eigenvalue weighted by Gasteiger charge is -2.70. The number of ether oxygens (including phenoxy) is 1. The fourth-order valence-corrected chi connectivity index (χ4v) is 11.2. The van der Waals surface area contributed by atoms with E-state index in [2.05, 4.69) is 41.5 Å². The van der Waals surface area contributed by atoms with Crippen LogP contribution in [0.15, 0.2) is 0 Å². The first-order valence-corrected chi connectivity index (χ1v) is 14.3. The Morgan fingerprint density at radius 3 is 2.03 bits per heavy atom. The summed E-state index contributed by atoms with van der Waals surface area (Å²) in [4.78, 5) is 0. The zero-order valence-electron chi connectivity index (χ0n) is 23.2. The van der Waals surface area contributed by atoms with Gasteiger partial charge in [-0.1, -0.05) is 34.6 Å². The minimum absolute atomic E-state index is 0.0704. The van der Waals surface area contributed by atoms with Crippen LogP contribution < -0.4 is 0 Å². The third-order valence-corrected chi connectivity index (χ3v) is 13.2. The molecule has 4 saturated carbocycles. The van der Waals surface area contributed by atoms with Crippen molar-refractivity contribution >= 4 is 0 Å². The molecule has 4 nitrogen and oxygen atoms in total. The summed E-state index contributed by atoms with van der Waals surface area (Å²) in [6.45, 7) is 18.1. The van der Waals surface area contributed by atoms with Gasteiger partial charge in [-0.05, 0) is 124 Å². The minimum Gasteiger partial charge on any atom is -0.393 e. The van der Waals surface area contributed by atoms with Crippen molar-refractivity contribution < 1.29 is 20.1 Å². The van der Waals surface area contributed by atoms with E-state index < -0.39 is 5.60 Å². The van der Waals surface area contributed by atoms with Gasteiger partial charge in [0, 0.05) is 0 Å². The highest BCUT2D eigenvalue weighted by Gasteiger charge is 2.72. The minimum atomic E-state index is -0.811. The average molecular weight is 477 g/mol. The predicted octanol–water partition coefficient (Wildman–Crippen LogP) is 5.71. The van der Waals surface area contributed by atoms with Gasteiger partial charge >= 0.3 is 0 Å². The van der Waals surface area contributed by atoms with Crippen LogP contribution in [0.5, 0.6) is 0 Å². The summed E-state index contributed by atoms with van der Waals surface area (Å²) < 4.78 is 6.68. The van der Waals surface area contributed by atoms with Gasteiger partial charge in [-0.15, -0.1) is 0 Å². The maximum atomic E-state index is 12.0. The first-order chi connectivity index (χ1) is 15.5. The molecule has 34 heavy (non-hydrogen) atoms. The fourth-order valence-electron chi connectivity index (χ4n) is 11.2. The van der Waals surface area contributed by atoms with Crippen molar-refractivity contribution in [3.63, 3.8) is 0 Å². The number of aliphatic hydroxyl groups excluding tert-OH is 2. The molecular weight excluding hydrogens is 424 g/mol. The lowest BCUT2D eigenvalue weighted by molar-refractivity contribution is -0.257. The fraction of sp³-hybridized carbons (Fsp3) is 1.00. The Kier molecular flexibility index (Phi) is 5.59. The van der Waals surface area contributed by atoms with E-state index in [1.165, 1.54) is 6.42 Å². The predicted molar refractivity (Wildman–Crippen MR) is 135 cm³/mol. The van der Waals surface area contributed by atoms with Crippen molar-refractivity contribution in [1.82, 2.24) is 0 Å². The molecule has 4 aliphatic carbocycles. The molecule has 11 atom stereocenters. The normalized spacial score (nSPS) is 57.1. The van der Waals surface area contributed by atoms with Crippen LogP contribution in [0.4, 0.5) is 0 Å². The molecule has 1 heterocycles. The first kappa shape index (κ1) is 25.5. The van der Waals surface area contributed by atoms with Crippen LogP contribution in [0.3, 0.4) is 0 Å². The zero-order chi connectivity index (χ0) is 25.1. The monoisotopic (exact) mass is 476 g/mol. The van der Waals surface area contributed by atoms with Crippen molar-refractivity contribution in [1.29, 1.82) is 0 Å². The molecule has 0 bridgehead atoms. The Labute approximate surface area is 208 Å². The second-order valence-corrected chi connectivity index (χ2v) is 15.5. The van der Waals surface area contributed by atoms with E-state index in [9.17, 15) is 15.3 Å². The molecule has 1 aliphatic heterocycles. The Morgan fingerprint density at radius 1 is 0.765 bits per heavy atom. The Balaban J connectivity index is 1.48. The molecule has 196 valence electrons. The first-order valence-electron chi connectivity index (χ1n) is 14.3. The highest BCUT2D eigenvalue weighted by molar-refractivity contribution is 5.20. The van der Waals surface area contributed by atoms with E-state index in [0.29, 0.717) is 17.8 Å². The highest BCUT2D eigenvalue weighted by atomic mass is 16.5. The molecule has 0 aromatic rings. The lowest BCUT2D eigenvalue weighted by atomic mass is 9.35. The van der Waals surface area contributed by atoms with Crippen LogP contribution in [0.25, 0.3) is 0 Å². The number of fused-ring (bicyclic) bond motifs is 5. The molecule has 0 radical (unpaired) electrons. The second kappa shape index (κ2) is 7.45. The molecule has 1 saturated heterocycles. The van der Waals surface area contributed by atoms with Crippen molar-refractivity contribution in [2.24, 2.45) is 45.3 Å². The summed E-state index contributed by atoms with van der Waals surface area (Å²) in [6.07, 6.45) is 8.71. The summed E-state index contributed by atoms with van der Waals surface area (Å²) in [7, 11) is 0. The van der Waals surface area contributed by atoms with Gasteiger partial charge in [0.2, 0.25) is 0 Å². The van der Waals surface area contributed by atoms with Crippen LogP contribution in [0, 0.1) is 45.3 Å². The maximum absolute atomic E-state index is 12.0. The molecule has 5 rings (SSSR count). The van der Waals surface area contributed by atoms with E-state index in [1.54, 1.807) is 0 Å². The average Bonchev–Trinajstić information content (AvgIpc) is 3.27. The van der Waals surface area contributed by atoms with E-state index in [1.807, 2.05) is 13.8 Å². The van der Waals surface area contributed by atoms with Crippen LogP contribution in [-0.4, -0.2) is 44.8 Å². The SMILES string of the molecule is CC(C)(O)[C@H]1CC[C@@](C)([C@H]2CC[C@@]3(C)[C@@H]2C[C@@H](O)[C@@H]2[C@@]4(C)CC[C@@H](O)C(C)(C)C4CC[C@]23C)O1. The van der Waals surface area contributed by atoms with Gasteiger partial charge in [-0.25, -0.2) is 0 Å². The van der Waals surface area contributed by atoms with Crippen LogP contribution >= 0.6 is 0 Å². The van der Waals surface area contributed by atoms with Gasteiger partial charge in [0.15, 0.2) is 0 Å². The zero-order valence-corrected chi connectivity index (χ0v) is 23.2. The van der Waals surface area contributed by atoms with Crippen LogP contribution in [0.2, 0.25) is 0 Å². The number of hydrogen-bond donors (Lipinski definition) is 3. The largest absolute Gasteiger partial charge is 0.393 e. The molecule has 3 N–H and O–H groups in total. The summed E-state index contributed by atoms with van der Waals surface area (Å²) in [5.41, 5.74) is -0.766. The summed E-state index contributed by atoms with van der Waals surface area (Å²) in [5.74, 6) is 1.63. The molecule has 4 heteroatoms. The summed E-state index contributed by atoms with van der Waals surface area (Å²) in [6, 6.07) is 0. The van der Waals surface area contributed by atoms with Gasteiger partial charge in [0.25, 0.3) is 0 Å². The van der Waals surface area contributed by atoms with Crippen LogP contribution in [-0.2, 0) is 4.74 Å². The van der Waals surface area contributed by atoms with E-state index in [0.717, 1.165) is 51.4 Å². The third-order valence-electron chi connectivity index (χ3n) is 13.2. The van der Waals surface area contributed by atoms with Gasteiger partial charge < -0.3 is 20.1 Å². The second-order valence-electron chi connectivity index (χ2n) is 15.5. The molecule has 0 aromatic carbocycles. The van der Waals surface area contributed by atoms with E-state index in [4.69, 9.17) is 4.74 Å². The van der Waals surface area contributed by atoms with Gasteiger partial charge in [0.1, 0.15) is 0 Å². The quantitative estimate of drug-likeness (QED) is 0.477. The molecular formula is C30H52O4. The maximum Gasteiger partial charge on any atom is 0.0865 e. The molecule has 5 fully saturated rings. The summed E-state index contributed by atoms with van der Waals surface area (Å²) in [5, 5.41) is 33.5. The number of hydrogen-bond acceptors (Lipinski definition) is 4. The van der Waals surface area contributed by atoms with Gasteiger partial charge in [-0.2, -0.15) is 0 Å². The van der Waals surface area contributed by atoms with Crippen molar-refractivity contribution in [3.05, 3.63) is 0 Å². The molecule has 5 aliphatic rings. The standard InChI is InChI=1S/C30H52O4/c1-25(2)21-10-15-29(7)24(27(21,5)13-11-22(25)32)20(31)17-19-18(9-14-28(19,29)6)30(8)16-12-23(34-30)26(3,4)33/h18-24,31-33H,9-17H2,1-8H3/t18-,19+,20+,21?,22+,23+,24+,27-,28-,29+,30-/m0/s1. The topological polar surface area (TPSA) is 69.9 Å². The molecule has 0 amide bonds. The third kappa shape index (κ3) is 3.16. The highest BCUT2D eigenvalue weighted by Crippen LogP contribution is 2.76. The molecule has 0 spiro atoms. The van der Waals surface area contributed by atoms with Gasteiger partial charge in [-0.3, -0.25) is 0 Å². The van der Waals surface area contributed by atoms with Crippen LogP contribution in [0.1, 0.15) is 113 Å². The Bertz CT molecular complexity index is 817. The summed E-state index contributed by atoms with van der Waals surface area (Å²) >= 11 is 0. The smallest absolute Gasteiger partial charge is 0.0865 e. The van der Waals surface area contributed by atoms with Gasteiger partial charge in [0.05, 0.1) is 29.5 Å². The Hall–Kier alpha value is -0.160. The van der Waals surface area contributed by atoms with Crippen molar-refractivity contribution in [2.45, 2.75) is 143 Å². The Morgan fingerprint density at radius 2 is 1.41 bits per heavy atom. The van der Waals surface area contributed by atoms with E-state index in [-0.39, 0.29) is 51.5 Å². The molecule has 1 unspecified atom stereocenters. The van der Waals surface area contributed by atoms with E-state index >= 15 is 0 Å². The lowest BCUT2D eigenvalue weighted by Crippen LogP contribution is -2.67. The number of rotatable bonds is 2. The van der Waals surface area contributed by atoms with Crippen molar-refractivity contribution in [2.75, 3.05) is 0 Å².